The van der Waals surface area contributed by atoms with Crippen LogP contribution >= 0.6 is 0 Å². The molecule has 3 amide bonds. The number of aliphatic carboxylic acids is 1. The largest absolute Gasteiger partial charge is 0.492 e. The Balaban J connectivity index is 1.07. The van der Waals surface area contributed by atoms with E-state index < -0.39 is 58.9 Å². The molecule has 1 aromatic carbocycles. The Hall–Kier alpha value is -5.42. The van der Waals surface area contributed by atoms with E-state index in [1.54, 1.807) is 16.9 Å². The minimum Gasteiger partial charge on any atom is -0.492 e. The molecular weight excluding hydrogens is 797 g/mol. The van der Waals surface area contributed by atoms with E-state index in [0.717, 1.165) is 32.5 Å². The highest BCUT2D eigenvalue weighted by Crippen LogP contribution is 2.52. The van der Waals surface area contributed by atoms with E-state index in [2.05, 4.69) is 27.4 Å². The van der Waals surface area contributed by atoms with Crippen molar-refractivity contribution in [1.82, 2.24) is 35.2 Å². The van der Waals surface area contributed by atoms with Crippen molar-refractivity contribution in [2.45, 2.75) is 103 Å². The molecule has 2 saturated heterocycles. The number of benzene rings is 1. The van der Waals surface area contributed by atoms with Crippen molar-refractivity contribution in [3.05, 3.63) is 49.2 Å². The normalized spacial score (nSPS) is 27.3. The lowest BCUT2D eigenvalue weighted by molar-refractivity contribution is -0.146. The van der Waals surface area contributed by atoms with Crippen molar-refractivity contribution >= 4 is 40.6 Å². The van der Waals surface area contributed by atoms with E-state index in [1.165, 1.54) is 17.4 Å². The lowest BCUT2D eigenvalue weighted by Gasteiger charge is -2.35. The van der Waals surface area contributed by atoms with E-state index in [9.17, 15) is 24.3 Å². The zero-order valence-electron chi connectivity index (χ0n) is 36.3. The van der Waals surface area contributed by atoms with E-state index in [1.807, 2.05) is 58.9 Å². The van der Waals surface area contributed by atoms with Crippen LogP contribution in [0.5, 0.6) is 11.5 Å². The number of aromatic nitrogens is 3. The topological polar surface area (TPSA) is 199 Å². The van der Waals surface area contributed by atoms with Gasteiger partial charge >= 0.3 is 12.1 Å². The number of pyridine rings is 1. The molecule has 17 heteroatoms. The van der Waals surface area contributed by atoms with Gasteiger partial charge in [-0.25, -0.2) is 19.3 Å². The summed E-state index contributed by atoms with van der Waals surface area (Å²) in [6.07, 6.45) is 4.77. The molecule has 3 aliphatic carbocycles. The third-order valence-electron chi connectivity index (χ3n) is 12.8. The second-order valence-corrected chi connectivity index (χ2v) is 18.9. The number of nitrogens with one attached hydrogen (secondary N) is 3. The van der Waals surface area contributed by atoms with Gasteiger partial charge in [0.25, 0.3) is 0 Å². The summed E-state index contributed by atoms with van der Waals surface area (Å²) in [6, 6.07) is 7.18. The number of alkyl carbamates (subject to hydrolysis) is 1. The number of amides is 3. The van der Waals surface area contributed by atoms with Crippen LogP contribution in [0, 0.1) is 23.2 Å². The first-order valence-corrected chi connectivity index (χ1v) is 21.9. The molecule has 4 N–H and O–H groups in total. The molecular formula is C45H60N8O9. The molecule has 2 aromatic heterocycles. The van der Waals surface area contributed by atoms with Crippen molar-refractivity contribution in [2.24, 2.45) is 23.2 Å². The van der Waals surface area contributed by atoms with Gasteiger partial charge in [0.1, 0.15) is 53.8 Å². The molecule has 3 aromatic rings. The Morgan fingerprint density at radius 2 is 1.81 bits per heavy atom. The maximum atomic E-state index is 14.8. The number of fused-ring (bicyclic) bond motifs is 2. The quantitative estimate of drug-likeness (QED) is 0.148. The lowest BCUT2D eigenvalue weighted by atomic mass is 9.85. The second-order valence-electron chi connectivity index (χ2n) is 18.9. The summed E-state index contributed by atoms with van der Waals surface area (Å²) in [6.45, 7) is 17.6. The fourth-order valence-electron chi connectivity index (χ4n) is 9.16. The maximum absolute atomic E-state index is 14.8. The standard InChI is InChI=1S/C45H60N8O9/c1-7-29-24-45(29,42(56)57)49-40(54)35-22-32(25-52(35)41(55)39(44(4,5)6)48-43(58)62-31-19-27-18-28(27)20-31)61-36-23-38(53-11-10-37(50-53)46-26(2)3)47-34-21-30(8-9-33(34)36)60-17-14-51-12-15-59-16-13-51/h7-11,21,23,26-29,31-32,35,39H,1,12-20,22,24-25H2,2-6H3,(H,46,50)(H,48,58)(H,49,54)(H,56,57)/t27-,28+,29-,31+,32-,35+,39-,45-/m1/s1. The number of anilines is 1. The highest BCUT2D eigenvalue weighted by molar-refractivity contribution is 5.96. The molecule has 0 radical (unpaired) electrons. The number of carbonyl (C=O) groups is 4. The average molecular weight is 857 g/mol. The Morgan fingerprint density at radius 1 is 1.05 bits per heavy atom. The first kappa shape index (κ1) is 43.2. The van der Waals surface area contributed by atoms with E-state index in [-0.39, 0.29) is 31.5 Å². The van der Waals surface area contributed by atoms with E-state index in [4.69, 9.17) is 29.0 Å². The fraction of sp³-hybridized carbons (Fsp3) is 0.600. The summed E-state index contributed by atoms with van der Waals surface area (Å²) in [4.78, 5) is 63.5. The molecule has 2 aliphatic heterocycles. The molecule has 0 unspecified atom stereocenters. The monoisotopic (exact) mass is 856 g/mol. The minimum absolute atomic E-state index is 0.0245. The Morgan fingerprint density at radius 3 is 2.48 bits per heavy atom. The maximum Gasteiger partial charge on any atom is 0.408 e. The summed E-state index contributed by atoms with van der Waals surface area (Å²) >= 11 is 0. The van der Waals surface area contributed by atoms with Crippen LogP contribution < -0.4 is 25.4 Å². The number of hydrogen-bond acceptors (Lipinski definition) is 12. The Kier molecular flexibility index (Phi) is 12.1. The number of carboxylic acids is 1. The molecule has 0 bridgehead atoms. The van der Waals surface area contributed by atoms with Gasteiger partial charge in [0.15, 0.2) is 5.82 Å². The van der Waals surface area contributed by atoms with Gasteiger partial charge in [0.2, 0.25) is 11.8 Å². The minimum atomic E-state index is -1.52. The zero-order valence-corrected chi connectivity index (χ0v) is 36.3. The van der Waals surface area contributed by atoms with Crippen molar-refractivity contribution in [2.75, 3.05) is 51.3 Å². The van der Waals surface area contributed by atoms with Crippen LogP contribution in [0.3, 0.4) is 0 Å². The molecule has 334 valence electrons. The molecule has 8 rings (SSSR count). The first-order chi connectivity index (χ1) is 29.6. The smallest absolute Gasteiger partial charge is 0.408 e. The number of carbonyl (C=O) groups excluding carboxylic acids is 3. The van der Waals surface area contributed by atoms with E-state index in [0.29, 0.717) is 65.7 Å². The second kappa shape index (κ2) is 17.4. The van der Waals surface area contributed by atoms with Gasteiger partial charge in [-0.2, -0.15) is 0 Å². The van der Waals surface area contributed by atoms with Gasteiger partial charge in [0.05, 0.1) is 25.3 Å². The molecule has 17 nitrogen and oxygen atoms in total. The summed E-state index contributed by atoms with van der Waals surface area (Å²) in [7, 11) is 0. The van der Waals surface area contributed by atoms with Crippen molar-refractivity contribution < 1.29 is 43.2 Å². The third-order valence-corrected chi connectivity index (χ3v) is 12.8. The predicted molar refractivity (Wildman–Crippen MR) is 229 cm³/mol. The van der Waals surface area contributed by atoms with E-state index >= 15 is 0 Å². The van der Waals surface area contributed by atoms with Crippen LogP contribution in [0.2, 0.25) is 0 Å². The van der Waals surface area contributed by atoms with Crippen molar-refractivity contribution in [1.29, 1.82) is 0 Å². The first-order valence-electron chi connectivity index (χ1n) is 21.9. The van der Waals surface area contributed by atoms with Gasteiger partial charge in [-0.05, 0) is 68.9 Å². The summed E-state index contributed by atoms with van der Waals surface area (Å²) < 4.78 is 25.9. The Bertz CT molecular complexity index is 2170. The summed E-state index contributed by atoms with van der Waals surface area (Å²) in [5.41, 5.74) is -1.73. The van der Waals surface area contributed by atoms with Gasteiger partial charge in [-0.1, -0.05) is 26.8 Å². The van der Waals surface area contributed by atoms with Gasteiger partial charge in [-0.15, -0.1) is 11.7 Å². The number of rotatable bonds is 16. The average Bonchev–Trinajstić information content (AvgIpc) is 3.89. The van der Waals surface area contributed by atoms with Gasteiger partial charge < -0.3 is 44.9 Å². The zero-order chi connectivity index (χ0) is 43.9. The number of carboxylic acid groups (broad SMARTS) is 1. The van der Waals surface area contributed by atoms with Crippen LogP contribution in [0.15, 0.2) is 49.2 Å². The molecule has 4 heterocycles. The molecule has 5 aliphatic rings. The SMILES string of the molecule is C=C[C@@H]1C[C@]1(NC(=O)[C@@H]1C[C@@H](Oc2cc(-n3ccc(NC(C)C)n3)nc3cc(OCCN4CCOCC4)ccc23)CN1C(=O)[C@@H](NC(=O)O[C@@H]1C[C@@H]2C[C@@H]2C1)C(C)(C)C)C(=O)O. The fourth-order valence-corrected chi connectivity index (χ4v) is 9.16. The predicted octanol–water partition coefficient (Wildman–Crippen LogP) is 4.39. The summed E-state index contributed by atoms with van der Waals surface area (Å²) in [5, 5.41) is 24.4. The lowest BCUT2D eigenvalue weighted by Crippen LogP contribution is -2.59. The molecule has 8 atom stereocenters. The highest BCUT2D eigenvalue weighted by Gasteiger charge is 2.61. The van der Waals surface area contributed by atoms with Crippen LogP contribution in [-0.2, 0) is 23.9 Å². The van der Waals surface area contributed by atoms with Gasteiger partial charge in [-0.3, -0.25) is 14.5 Å². The number of ether oxygens (including phenoxy) is 4. The van der Waals surface area contributed by atoms with Crippen LogP contribution in [0.25, 0.3) is 16.7 Å². The van der Waals surface area contributed by atoms with Crippen LogP contribution in [0.4, 0.5) is 10.6 Å². The number of morpholine rings is 1. The van der Waals surface area contributed by atoms with Gasteiger partial charge in [0, 0.05) is 67.8 Å². The Labute approximate surface area is 361 Å². The summed E-state index contributed by atoms with van der Waals surface area (Å²) in [5.74, 6) is 0.645. The van der Waals surface area contributed by atoms with Crippen molar-refractivity contribution in [3.63, 3.8) is 0 Å². The number of nitrogens with zero attached hydrogens (tertiary/aromatic N) is 5. The number of hydrogen-bond donors (Lipinski definition) is 4. The molecule has 3 saturated carbocycles. The van der Waals surface area contributed by atoms with Crippen LogP contribution in [0.1, 0.15) is 66.7 Å². The molecule has 62 heavy (non-hydrogen) atoms. The van der Waals surface area contributed by atoms with Crippen LogP contribution in [-0.4, -0.2) is 135 Å². The molecule has 0 spiro atoms. The molecule has 5 fully saturated rings. The van der Waals surface area contributed by atoms with Crippen molar-refractivity contribution in [3.8, 4) is 17.3 Å². The number of likely N-dealkylation sites (tertiary alicyclic amines) is 1. The third kappa shape index (κ3) is 9.48. The highest BCUT2D eigenvalue weighted by atomic mass is 16.6.